The Morgan fingerprint density at radius 2 is 2.09 bits per heavy atom. The van der Waals surface area contributed by atoms with Gasteiger partial charge in [-0.1, -0.05) is 18.2 Å². The molecule has 0 bridgehead atoms. The molecule has 2 saturated heterocycles. The van der Waals surface area contributed by atoms with Crippen molar-refractivity contribution in [2.24, 2.45) is 0 Å². The summed E-state index contributed by atoms with van der Waals surface area (Å²) in [5.74, 6) is 0.519. The van der Waals surface area contributed by atoms with E-state index >= 15 is 0 Å². The molecule has 2 atom stereocenters. The number of carbonyl (C=O) groups is 1. The molecule has 0 saturated carbocycles. The SMILES string of the molecule is CN1CCC[C@@]2(C)[C@@H]1CCCN2C(=O)c1cc2ccccc2o1. The minimum Gasteiger partial charge on any atom is -0.451 e. The molecule has 4 nitrogen and oxygen atoms in total. The van der Waals surface area contributed by atoms with Crippen LogP contribution in [-0.4, -0.2) is 47.4 Å². The third kappa shape index (κ3) is 2.27. The maximum atomic E-state index is 13.1. The molecule has 0 radical (unpaired) electrons. The number of likely N-dealkylation sites (N-methyl/N-ethyl adjacent to an activating group) is 1. The van der Waals surface area contributed by atoms with Crippen molar-refractivity contribution in [2.45, 2.75) is 44.2 Å². The summed E-state index contributed by atoms with van der Waals surface area (Å²) < 4.78 is 5.83. The topological polar surface area (TPSA) is 36.7 Å². The highest BCUT2D eigenvalue weighted by molar-refractivity contribution is 5.96. The highest BCUT2D eigenvalue weighted by Crippen LogP contribution is 2.39. The number of amides is 1. The molecule has 122 valence electrons. The van der Waals surface area contributed by atoms with Crippen LogP contribution in [0.5, 0.6) is 0 Å². The number of para-hydroxylation sites is 1. The van der Waals surface area contributed by atoms with E-state index in [9.17, 15) is 4.79 Å². The van der Waals surface area contributed by atoms with Crippen molar-refractivity contribution < 1.29 is 9.21 Å². The molecule has 0 aliphatic carbocycles. The van der Waals surface area contributed by atoms with Gasteiger partial charge in [-0.15, -0.1) is 0 Å². The highest BCUT2D eigenvalue weighted by Gasteiger charge is 2.48. The van der Waals surface area contributed by atoms with Crippen LogP contribution < -0.4 is 0 Å². The second-order valence-corrected chi connectivity index (χ2v) is 7.20. The molecular weight excluding hydrogens is 288 g/mol. The third-order valence-electron chi connectivity index (χ3n) is 5.80. The summed E-state index contributed by atoms with van der Waals surface area (Å²) in [5, 5.41) is 0.996. The van der Waals surface area contributed by atoms with Crippen molar-refractivity contribution in [3.8, 4) is 0 Å². The van der Waals surface area contributed by atoms with E-state index in [0.29, 0.717) is 11.8 Å². The number of furan rings is 1. The Hall–Kier alpha value is -1.81. The van der Waals surface area contributed by atoms with Crippen LogP contribution in [0, 0.1) is 0 Å². The van der Waals surface area contributed by atoms with Crippen molar-refractivity contribution in [3.63, 3.8) is 0 Å². The standard InChI is InChI=1S/C19H24N2O2/c1-19-10-6-11-20(2)17(19)9-5-12-21(19)18(22)16-13-14-7-3-4-8-15(14)23-16/h3-4,7-8,13,17H,5-6,9-12H2,1-2H3/t17-,19-/m0/s1. The molecule has 4 heteroatoms. The number of hydrogen-bond donors (Lipinski definition) is 0. The van der Waals surface area contributed by atoms with Gasteiger partial charge in [-0.3, -0.25) is 4.79 Å². The molecule has 0 N–H and O–H groups in total. The van der Waals surface area contributed by atoms with Gasteiger partial charge in [-0.25, -0.2) is 0 Å². The smallest absolute Gasteiger partial charge is 0.290 e. The van der Waals surface area contributed by atoms with E-state index in [2.05, 4.69) is 23.8 Å². The van der Waals surface area contributed by atoms with Gasteiger partial charge in [0.2, 0.25) is 0 Å². The van der Waals surface area contributed by atoms with Crippen LogP contribution in [0.15, 0.2) is 34.7 Å². The van der Waals surface area contributed by atoms with Gasteiger partial charge < -0.3 is 14.2 Å². The molecule has 3 heterocycles. The second-order valence-electron chi connectivity index (χ2n) is 7.20. The fourth-order valence-electron chi connectivity index (χ4n) is 4.58. The molecular formula is C19H24N2O2. The predicted octanol–water partition coefficient (Wildman–Crippen LogP) is 3.52. The van der Waals surface area contributed by atoms with E-state index in [1.807, 2.05) is 30.3 Å². The van der Waals surface area contributed by atoms with Gasteiger partial charge >= 0.3 is 0 Å². The molecule has 2 fully saturated rings. The first-order valence-corrected chi connectivity index (χ1v) is 8.60. The highest BCUT2D eigenvalue weighted by atomic mass is 16.3. The lowest BCUT2D eigenvalue weighted by Crippen LogP contribution is -2.66. The van der Waals surface area contributed by atoms with E-state index < -0.39 is 0 Å². The second kappa shape index (κ2) is 5.38. The van der Waals surface area contributed by atoms with Crippen LogP contribution in [-0.2, 0) is 0 Å². The van der Waals surface area contributed by atoms with Gasteiger partial charge in [0, 0.05) is 18.0 Å². The predicted molar refractivity (Wildman–Crippen MR) is 90.5 cm³/mol. The molecule has 1 amide bonds. The molecule has 2 aliphatic rings. The van der Waals surface area contributed by atoms with Gasteiger partial charge in [0.25, 0.3) is 5.91 Å². The number of piperidine rings is 2. The zero-order valence-corrected chi connectivity index (χ0v) is 13.9. The summed E-state index contributed by atoms with van der Waals surface area (Å²) in [6.07, 6.45) is 4.47. The van der Waals surface area contributed by atoms with E-state index in [1.54, 1.807) is 0 Å². The van der Waals surface area contributed by atoms with Crippen LogP contribution in [0.3, 0.4) is 0 Å². The number of likely N-dealkylation sites (tertiary alicyclic amines) is 2. The van der Waals surface area contributed by atoms with Crippen LogP contribution in [0.25, 0.3) is 11.0 Å². The Morgan fingerprint density at radius 3 is 2.91 bits per heavy atom. The Bertz CT molecular complexity index is 705. The van der Waals surface area contributed by atoms with Crippen molar-refractivity contribution in [1.29, 1.82) is 0 Å². The van der Waals surface area contributed by atoms with Crippen LogP contribution >= 0.6 is 0 Å². The molecule has 4 rings (SSSR count). The van der Waals surface area contributed by atoms with Crippen molar-refractivity contribution in [1.82, 2.24) is 9.80 Å². The normalized spacial score (nSPS) is 28.8. The van der Waals surface area contributed by atoms with Gasteiger partial charge in [0.05, 0.1) is 5.54 Å². The maximum Gasteiger partial charge on any atom is 0.290 e. The fourth-order valence-corrected chi connectivity index (χ4v) is 4.58. The third-order valence-corrected chi connectivity index (χ3v) is 5.80. The van der Waals surface area contributed by atoms with Gasteiger partial charge in [0.15, 0.2) is 5.76 Å². The van der Waals surface area contributed by atoms with Gasteiger partial charge in [0.1, 0.15) is 5.58 Å². The Morgan fingerprint density at radius 1 is 1.26 bits per heavy atom. The number of benzene rings is 1. The monoisotopic (exact) mass is 312 g/mol. The lowest BCUT2D eigenvalue weighted by atomic mass is 9.76. The summed E-state index contributed by atoms with van der Waals surface area (Å²) in [4.78, 5) is 17.7. The first-order valence-electron chi connectivity index (χ1n) is 8.60. The molecule has 1 aromatic heterocycles. The largest absolute Gasteiger partial charge is 0.451 e. The molecule has 2 aromatic rings. The summed E-state index contributed by atoms with van der Waals surface area (Å²) in [5.41, 5.74) is 0.705. The Balaban J connectivity index is 1.69. The zero-order chi connectivity index (χ0) is 16.0. The maximum absolute atomic E-state index is 13.1. The molecule has 0 unspecified atom stereocenters. The summed E-state index contributed by atoms with van der Waals surface area (Å²) in [7, 11) is 2.19. The quantitative estimate of drug-likeness (QED) is 0.808. The minimum absolute atomic E-state index is 0.0451. The van der Waals surface area contributed by atoms with E-state index in [4.69, 9.17) is 4.42 Å². The Kier molecular flexibility index (Phi) is 3.45. The lowest BCUT2D eigenvalue weighted by Gasteiger charge is -2.55. The number of rotatable bonds is 1. The molecule has 23 heavy (non-hydrogen) atoms. The van der Waals surface area contributed by atoms with Crippen molar-refractivity contribution >= 4 is 16.9 Å². The lowest BCUT2D eigenvalue weighted by molar-refractivity contribution is -0.0358. The number of fused-ring (bicyclic) bond motifs is 2. The fraction of sp³-hybridized carbons (Fsp3) is 0.526. The summed E-state index contributed by atoms with van der Waals surface area (Å²) >= 11 is 0. The summed E-state index contributed by atoms with van der Waals surface area (Å²) in [6, 6.07) is 10.2. The zero-order valence-electron chi connectivity index (χ0n) is 13.9. The first-order chi connectivity index (χ1) is 11.1. The summed E-state index contributed by atoms with van der Waals surface area (Å²) in [6.45, 7) is 4.22. The van der Waals surface area contributed by atoms with Crippen LogP contribution in [0.4, 0.5) is 0 Å². The van der Waals surface area contributed by atoms with E-state index in [0.717, 1.165) is 43.3 Å². The van der Waals surface area contributed by atoms with E-state index in [-0.39, 0.29) is 11.4 Å². The number of hydrogen-bond acceptors (Lipinski definition) is 3. The molecule has 1 aromatic carbocycles. The van der Waals surface area contributed by atoms with Gasteiger partial charge in [-0.2, -0.15) is 0 Å². The molecule has 0 spiro atoms. The number of carbonyl (C=O) groups excluding carboxylic acids is 1. The minimum atomic E-state index is -0.0820. The van der Waals surface area contributed by atoms with E-state index in [1.165, 1.54) is 6.42 Å². The van der Waals surface area contributed by atoms with Crippen molar-refractivity contribution in [3.05, 3.63) is 36.1 Å². The first kappa shape index (κ1) is 14.8. The van der Waals surface area contributed by atoms with Crippen LogP contribution in [0.2, 0.25) is 0 Å². The average Bonchev–Trinajstić information content (AvgIpc) is 2.98. The van der Waals surface area contributed by atoms with Crippen molar-refractivity contribution in [2.75, 3.05) is 20.1 Å². The van der Waals surface area contributed by atoms with Crippen LogP contribution in [0.1, 0.15) is 43.2 Å². The molecule has 2 aliphatic heterocycles. The number of nitrogens with zero attached hydrogens (tertiary/aromatic N) is 2. The van der Waals surface area contributed by atoms with Gasteiger partial charge in [-0.05, 0) is 58.3 Å². The Labute approximate surface area is 137 Å². The average molecular weight is 312 g/mol.